The van der Waals surface area contributed by atoms with Crippen molar-refractivity contribution in [2.75, 3.05) is 13.7 Å². The normalized spacial score (nSPS) is 13.9. The van der Waals surface area contributed by atoms with Crippen LogP contribution in [0.2, 0.25) is 0 Å². The lowest BCUT2D eigenvalue weighted by molar-refractivity contribution is 0.0733. The van der Waals surface area contributed by atoms with Crippen LogP contribution in [0.4, 0.5) is 0 Å². The summed E-state index contributed by atoms with van der Waals surface area (Å²) in [6.07, 6.45) is 2.04. The van der Waals surface area contributed by atoms with E-state index in [1.165, 1.54) is 22.2 Å². The predicted octanol–water partition coefficient (Wildman–Crippen LogP) is 1.36. The molecular formula is C15H17N3O3S. The molecule has 0 radical (unpaired) electrons. The first-order chi connectivity index (χ1) is 10.5. The maximum absolute atomic E-state index is 12.7. The van der Waals surface area contributed by atoms with Gasteiger partial charge in [-0.1, -0.05) is 0 Å². The minimum atomic E-state index is -0.0666. The second-order valence-corrected chi connectivity index (χ2v) is 6.57. The van der Waals surface area contributed by atoms with Gasteiger partial charge < -0.3 is 14.2 Å². The van der Waals surface area contributed by atoms with E-state index in [4.69, 9.17) is 4.74 Å². The molecule has 116 valence electrons. The van der Waals surface area contributed by atoms with Gasteiger partial charge in [-0.15, -0.1) is 11.3 Å². The van der Waals surface area contributed by atoms with Crippen molar-refractivity contribution in [3.8, 4) is 5.75 Å². The molecule has 3 rings (SSSR count). The average Bonchev–Trinajstić information content (AvgIpc) is 2.91. The quantitative estimate of drug-likeness (QED) is 0.838. The Morgan fingerprint density at radius 3 is 2.95 bits per heavy atom. The third-order valence-electron chi connectivity index (χ3n) is 3.81. The molecule has 1 aliphatic heterocycles. The minimum absolute atomic E-state index is 0.0263. The molecule has 0 bridgehead atoms. The van der Waals surface area contributed by atoms with E-state index < -0.39 is 0 Å². The molecule has 1 aliphatic rings. The molecule has 0 spiro atoms. The topological polar surface area (TPSA) is 64.4 Å². The maximum Gasteiger partial charge on any atom is 0.268 e. The van der Waals surface area contributed by atoms with Crippen LogP contribution in [0.25, 0.3) is 0 Å². The number of thiophene rings is 1. The lowest BCUT2D eigenvalue weighted by Crippen LogP contribution is -2.39. The van der Waals surface area contributed by atoms with Gasteiger partial charge in [0.15, 0.2) is 0 Å². The van der Waals surface area contributed by atoms with Crippen molar-refractivity contribution in [2.45, 2.75) is 19.9 Å². The molecule has 7 heteroatoms. The number of rotatable bonds is 2. The summed E-state index contributed by atoms with van der Waals surface area (Å²) >= 11 is 1.43. The Balaban J connectivity index is 1.90. The zero-order valence-electron chi connectivity index (χ0n) is 12.8. The molecule has 0 N–H and O–H groups in total. The summed E-state index contributed by atoms with van der Waals surface area (Å²) in [7, 11) is 3.25. The highest BCUT2D eigenvalue weighted by Crippen LogP contribution is 2.30. The predicted molar refractivity (Wildman–Crippen MR) is 83.5 cm³/mol. The first kappa shape index (κ1) is 14.8. The van der Waals surface area contributed by atoms with Crippen molar-refractivity contribution in [1.29, 1.82) is 0 Å². The van der Waals surface area contributed by atoms with E-state index >= 15 is 0 Å². The first-order valence-corrected chi connectivity index (χ1v) is 7.80. The molecule has 0 aromatic carbocycles. The van der Waals surface area contributed by atoms with Crippen molar-refractivity contribution < 1.29 is 9.53 Å². The molecule has 0 unspecified atom stereocenters. The third-order valence-corrected chi connectivity index (χ3v) is 4.83. The molecule has 6 nitrogen and oxygen atoms in total. The van der Waals surface area contributed by atoms with Crippen molar-refractivity contribution >= 4 is 17.2 Å². The summed E-state index contributed by atoms with van der Waals surface area (Å²) in [5, 5.41) is 0. The van der Waals surface area contributed by atoms with Crippen LogP contribution in [0.15, 0.2) is 17.2 Å². The molecule has 0 saturated carbocycles. The van der Waals surface area contributed by atoms with Gasteiger partial charge in [0.1, 0.15) is 10.6 Å². The lowest BCUT2D eigenvalue weighted by atomic mass is 10.1. The summed E-state index contributed by atoms with van der Waals surface area (Å²) in [4.78, 5) is 32.4. The fourth-order valence-electron chi connectivity index (χ4n) is 2.63. The number of methoxy groups -OCH3 is 1. The molecule has 22 heavy (non-hydrogen) atoms. The van der Waals surface area contributed by atoms with Gasteiger partial charge in [0.25, 0.3) is 11.5 Å². The smallest absolute Gasteiger partial charge is 0.268 e. The SMILES string of the molecule is COc1cc(C)sc1C(=O)N1CCc2c(ncn(C)c2=O)C1. The highest BCUT2D eigenvalue weighted by Gasteiger charge is 2.27. The Kier molecular flexibility index (Phi) is 3.74. The highest BCUT2D eigenvalue weighted by atomic mass is 32.1. The number of carbonyl (C=O) groups excluding carboxylic acids is 1. The second-order valence-electron chi connectivity index (χ2n) is 5.32. The first-order valence-electron chi connectivity index (χ1n) is 6.98. The number of nitrogens with zero attached hydrogens (tertiary/aromatic N) is 3. The van der Waals surface area contributed by atoms with Crippen LogP contribution >= 0.6 is 11.3 Å². The second kappa shape index (κ2) is 5.57. The van der Waals surface area contributed by atoms with Crippen molar-refractivity contribution in [1.82, 2.24) is 14.5 Å². The number of fused-ring (bicyclic) bond motifs is 1. The Morgan fingerprint density at radius 2 is 2.23 bits per heavy atom. The van der Waals surface area contributed by atoms with E-state index in [2.05, 4.69) is 4.98 Å². The summed E-state index contributed by atoms with van der Waals surface area (Å²) in [6, 6.07) is 1.86. The van der Waals surface area contributed by atoms with E-state index in [1.807, 2.05) is 13.0 Å². The van der Waals surface area contributed by atoms with Crippen LogP contribution in [-0.4, -0.2) is 34.0 Å². The monoisotopic (exact) mass is 319 g/mol. The van der Waals surface area contributed by atoms with E-state index in [1.54, 1.807) is 19.1 Å². The van der Waals surface area contributed by atoms with Gasteiger partial charge in [0.05, 0.1) is 25.7 Å². The van der Waals surface area contributed by atoms with E-state index in [0.29, 0.717) is 41.4 Å². The lowest BCUT2D eigenvalue weighted by Gasteiger charge is -2.27. The minimum Gasteiger partial charge on any atom is -0.495 e. The molecule has 0 aliphatic carbocycles. The average molecular weight is 319 g/mol. The fraction of sp³-hybridized carbons (Fsp3) is 0.400. The number of hydrogen-bond donors (Lipinski definition) is 0. The number of amides is 1. The van der Waals surface area contributed by atoms with E-state index in [9.17, 15) is 9.59 Å². The molecule has 0 fully saturated rings. The largest absolute Gasteiger partial charge is 0.495 e. The van der Waals surface area contributed by atoms with Crippen molar-refractivity contribution in [2.24, 2.45) is 7.05 Å². The zero-order valence-corrected chi connectivity index (χ0v) is 13.6. The van der Waals surface area contributed by atoms with Crippen LogP contribution in [0.1, 0.15) is 25.8 Å². The Hall–Kier alpha value is -2.15. The van der Waals surface area contributed by atoms with Gasteiger partial charge in [-0.05, 0) is 19.4 Å². The molecule has 0 saturated heterocycles. The Labute approximate surface area is 132 Å². The van der Waals surface area contributed by atoms with Gasteiger partial charge in [0, 0.05) is 24.0 Å². The molecule has 2 aromatic heterocycles. The maximum atomic E-state index is 12.7. The Bertz CT molecular complexity index is 794. The van der Waals surface area contributed by atoms with Crippen LogP contribution in [0.5, 0.6) is 5.75 Å². The number of carbonyl (C=O) groups is 1. The molecule has 2 aromatic rings. The van der Waals surface area contributed by atoms with Crippen LogP contribution < -0.4 is 10.3 Å². The zero-order chi connectivity index (χ0) is 15.9. The van der Waals surface area contributed by atoms with Crippen molar-refractivity contribution in [3.63, 3.8) is 0 Å². The van der Waals surface area contributed by atoms with Crippen molar-refractivity contribution in [3.05, 3.63) is 43.8 Å². The molecule has 1 amide bonds. The van der Waals surface area contributed by atoms with E-state index in [-0.39, 0.29) is 11.5 Å². The molecule has 3 heterocycles. The number of ether oxygens (including phenoxy) is 1. The van der Waals surface area contributed by atoms with Crippen LogP contribution in [-0.2, 0) is 20.0 Å². The molecule has 0 atom stereocenters. The van der Waals surface area contributed by atoms with Gasteiger partial charge in [-0.25, -0.2) is 4.98 Å². The van der Waals surface area contributed by atoms with E-state index in [0.717, 1.165) is 4.88 Å². The third kappa shape index (κ3) is 2.41. The molecular weight excluding hydrogens is 302 g/mol. The summed E-state index contributed by atoms with van der Waals surface area (Å²) in [6.45, 7) is 2.83. The highest BCUT2D eigenvalue weighted by molar-refractivity contribution is 7.14. The summed E-state index contributed by atoms with van der Waals surface area (Å²) in [5.41, 5.74) is 1.37. The van der Waals surface area contributed by atoms with Crippen LogP contribution in [0, 0.1) is 6.92 Å². The van der Waals surface area contributed by atoms with Gasteiger partial charge in [-0.3, -0.25) is 9.59 Å². The number of aromatic nitrogens is 2. The van der Waals surface area contributed by atoms with Gasteiger partial charge in [-0.2, -0.15) is 0 Å². The fourth-order valence-corrected chi connectivity index (χ4v) is 3.57. The van der Waals surface area contributed by atoms with Gasteiger partial charge >= 0.3 is 0 Å². The van der Waals surface area contributed by atoms with Crippen LogP contribution in [0.3, 0.4) is 0 Å². The van der Waals surface area contributed by atoms with Gasteiger partial charge in [0.2, 0.25) is 0 Å². The number of aryl methyl sites for hydroxylation is 2. The summed E-state index contributed by atoms with van der Waals surface area (Å²) in [5.74, 6) is 0.540. The number of hydrogen-bond acceptors (Lipinski definition) is 5. The Morgan fingerprint density at radius 1 is 1.45 bits per heavy atom. The standard InChI is InChI=1S/C15H17N3O3S/c1-9-6-12(21-3)13(22-9)15(20)18-5-4-10-11(7-18)16-8-17(2)14(10)19/h6,8H,4-5,7H2,1-3H3. The summed E-state index contributed by atoms with van der Waals surface area (Å²) < 4.78 is 6.75.